The molecule has 0 radical (unpaired) electrons. The Morgan fingerprint density at radius 2 is 2.44 bits per heavy atom. The first-order valence-corrected chi connectivity index (χ1v) is 6.82. The van der Waals surface area contributed by atoms with E-state index in [2.05, 4.69) is 16.8 Å². The third-order valence-electron chi connectivity index (χ3n) is 2.91. The van der Waals surface area contributed by atoms with Crippen molar-refractivity contribution in [2.24, 2.45) is 0 Å². The minimum atomic E-state index is -0.420. The van der Waals surface area contributed by atoms with Crippen LogP contribution in [0.1, 0.15) is 25.5 Å². The first kappa shape index (κ1) is 11.7. The monoisotopic (exact) mass is 238 g/mol. The lowest BCUT2D eigenvalue weighted by Gasteiger charge is -2.34. The third-order valence-corrected chi connectivity index (χ3v) is 4.10. The molecule has 0 spiro atoms. The molecule has 88 valence electrons. The Morgan fingerprint density at radius 1 is 1.62 bits per heavy atom. The summed E-state index contributed by atoms with van der Waals surface area (Å²) in [7, 11) is 0. The van der Waals surface area contributed by atoms with Crippen molar-refractivity contribution in [2.45, 2.75) is 26.0 Å². The van der Waals surface area contributed by atoms with Gasteiger partial charge in [-0.05, 0) is 31.5 Å². The van der Waals surface area contributed by atoms with Crippen LogP contribution >= 0.6 is 11.8 Å². The van der Waals surface area contributed by atoms with Gasteiger partial charge in [0.1, 0.15) is 5.82 Å². The third kappa shape index (κ3) is 2.50. The molecule has 2 heterocycles. The fourth-order valence-corrected chi connectivity index (χ4v) is 2.93. The van der Waals surface area contributed by atoms with Crippen molar-refractivity contribution in [3.8, 4) is 0 Å². The number of hydrogen-bond acceptors (Lipinski definition) is 4. The molecule has 0 saturated carbocycles. The van der Waals surface area contributed by atoms with E-state index in [4.69, 9.17) is 0 Å². The Labute approximate surface area is 101 Å². The van der Waals surface area contributed by atoms with Gasteiger partial charge in [0.2, 0.25) is 0 Å². The molecule has 1 fully saturated rings. The predicted molar refractivity (Wildman–Crippen MR) is 69.0 cm³/mol. The van der Waals surface area contributed by atoms with E-state index < -0.39 is 6.10 Å². The highest BCUT2D eigenvalue weighted by atomic mass is 32.2. The second kappa shape index (κ2) is 5.06. The van der Waals surface area contributed by atoms with Gasteiger partial charge < -0.3 is 10.0 Å². The largest absolute Gasteiger partial charge is 0.389 e. The molecule has 4 heteroatoms. The van der Waals surface area contributed by atoms with Crippen LogP contribution in [0.25, 0.3) is 0 Å². The van der Waals surface area contributed by atoms with Crippen LogP contribution in [-0.4, -0.2) is 34.2 Å². The number of nitrogens with zero attached hydrogens (tertiary/aromatic N) is 2. The maximum atomic E-state index is 9.56. The summed E-state index contributed by atoms with van der Waals surface area (Å²) >= 11 is 1.99. The molecule has 16 heavy (non-hydrogen) atoms. The number of rotatable bonds is 2. The number of aliphatic hydroxyl groups is 1. The maximum absolute atomic E-state index is 9.56. The molecule has 0 bridgehead atoms. The lowest BCUT2D eigenvalue weighted by Crippen LogP contribution is -2.40. The highest BCUT2D eigenvalue weighted by Crippen LogP contribution is 2.24. The van der Waals surface area contributed by atoms with Crippen molar-refractivity contribution in [1.29, 1.82) is 0 Å². The van der Waals surface area contributed by atoms with Crippen molar-refractivity contribution in [2.75, 3.05) is 23.0 Å². The Morgan fingerprint density at radius 3 is 3.12 bits per heavy atom. The molecular formula is C12H18N2OS. The second-order valence-corrected chi connectivity index (χ2v) is 5.39. The molecule has 0 aliphatic carbocycles. The zero-order valence-electron chi connectivity index (χ0n) is 9.76. The molecule has 1 saturated heterocycles. The topological polar surface area (TPSA) is 36.4 Å². The summed E-state index contributed by atoms with van der Waals surface area (Å²) in [5, 5.41) is 9.56. The van der Waals surface area contributed by atoms with Crippen LogP contribution in [0.5, 0.6) is 0 Å². The van der Waals surface area contributed by atoms with Crippen LogP contribution in [0.15, 0.2) is 18.3 Å². The first-order valence-electron chi connectivity index (χ1n) is 5.67. The Hall–Kier alpha value is -0.740. The normalized spacial score (nSPS) is 23.2. The average Bonchev–Trinajstić information content (AvgIpc) is 2.30. The van der Waals surface area contributed by atoms with Crippen LogP contribution in [0.4, 0.5) is 5.82 Å². The van der Waals surface area contributed by atoms with Gasteiger partial charge in [0, 0.05) is 30.3 Å². The van der Waals surface area contributed by atoms with Gasteiger partial charge in [-0.3, -0.25) is 0 Å². The molecule has 1 aromatic heterocycles. The van der Waals surface area contributed by atoms with Gasteiger partial charge in [0.05, 0.1) is 6.10 Å². The van der Waals surface area contributed by atoms with E-state index in [0.29, 0.717) is 6.04 Å². The molecule has 1 unspecified atom stereocenters. The molecule has 0 aromatic carbocycles. The molecule has 1 N–H and O–H groups in total. The van der Waals surface area contributed by atoms with E-state index in [0.717, 1.165) is 29.4 Å². The van der Waals surface area contributed by atoms with E-state index in [1.54, 1.807) is 13.1 Å². The minimum Gasteiger partial charge on any atom is -0.389 e. The van der Waals surface area contributed by atoms with E-state index in [-0.39, 0.29) is 0 Å². The lowest BCUT2D eigenvalue weighted by molar-refractivity contribution is 0.199. The fourth-order valence-electron chi connectivity index (χ4n) is 1.92. The standard InChI is InChI=1S/C12H18N2OS/c1-9-8-16-6-5-14(9)12-7-11(10(2)15)3-4-13-12/h3-4,7,9-10,15H,5-6,8H2,1-2H3/t9?,10-/m0/s1. The predicted octanol–water partition coefficient (Wildman–Crippen LogP) is 2.08. The molecule has 1 aliphatic heterocycles. The van der Waals surface area contributed by atoms with E-state index in [1.165, 1.54) is 0 Å². The van der Waals surface area contributed by atoms with Crippen LogP contribution < -0.4 is 4.90 Å². The number of pyridine rings is 1. The molecule has 3 nitrogen and oxygen atoms in total. The summed E-state index contributed by atoms with van der Waals surface area (Å²) < 4.78 is 0. The first-order chi connectivity index (χ1) is 7.68. The number of thioether (sulfide) groups is 1. The highest BCUT2D eigenvalue weighted by Gasteiger charge is 2.20. The molecule has 0 amide bonds. The molecule has 2 rings (SSSR count). The lowest BCUT2D eigenvalue weighted by atomic mass is 10.1. The van der Waals surface area contributed by atoms with Crippen LogP contribution in [0.3, 0.4) is 0 Å². The zero-order chi connectivity index (χ0) is 11.5. The average molecular weight is 238 g/mol. The number of anilines is 1. The van der Waals surface area contributed by atoms with E-state index in [9.17, 15) is 5.11 Å². The SMILES string of the molecule is CC1CSCCN1c1cc([C@H](C)O)ccn1. The molecule has 1 aromatic rings. The summed E-state index contributed by atoms with van der Waals surface area (Å²) in [5.74, 6) is 3.30. The van der Waals surface area contributed by atoms with Crippen LogP contribution in [0.2, 0.25) is 0 Å². The van der Waals surface area contributed by atoms with E-state index >= 15 is 0 Å². The molecule has 2 atom stereocenters. The van der Waals surface area contributed by atoms with Gasteiger partial charge >= 0.3 is 0 Å². The highest BCUT2D eigenvalue weighted by molar-refractivity contribution is 7.99. The fraction of sp³-hybridized carbons (Fsp3) is 0.583. The summed E-state index contributed by atoms with van der Waals surface area (Å²) in [5.41, 5.74) is 0.940. The Balaban J connectivity index is 2.21. The van der Waals surface area contributed by atoms with Gasteiger partial charge in [-0.2, -0.15) is 11.8 Å². The molecular weight excluding hydrogens is 220 g/mol. The summed E-state index contributed by atoms with van der Waals surface area (Å²) in [6.45, 7) is 5.06. The van der Waals surface area contributed by atoms with Crippen molar-refractivity contribution < 1.29 is 5.11 Å². The summed E-state index contributed by atoms with van der Waals surface area (Å²) in [6.07, 6.45) is 1.36. The van der Waals surface area contributed by atoms with Gasteiger partial charge in [0.25, 0.3) is 0 Å². The summed E-state index contributed by atoms with van der Waals surface area (Å²) in [4.78, 5) is 6.72. The quantitative estimate of drug-likeness (QED) is 0.856. The maximum Gasteiger partial charge on any atom is 0.129 e. The number of aliphatic hydroxyl groups excluding tert-OH is 1. The Kier molecular flexibility index (Phi) is 3.71. The van der Waals surface area contributed by atoms with Gasteiger partial charge in [-0.25, -0.2) is 4.98 Å². The van der Waals surface area contributed by atoms with E-state index in [1.807, 2.05) is 23.9 Å². The van der Waals surface area contributed by atoms with Gasteiger partial charge in [-0.1, -0.05) is 0 Å². The van der Waals surface area contributed by atoms with Crippen LogP contribution in [0, 0.1) is 0 Å². The van der Waals surface area contributed by atoms with Crippen LogP contribution in [-0.2, 0) is 0 Å². The smallest absolute Gasteiger partial charge is 0.129 e. The minimum absolute atomic E-state index is 0.420. The van der Waals surface area contributed by atoms with Crippen molar-refractivity contribution >= 4 is 17.6 Å². The summed E-state index contributed by atoms with van der Waals surface area (Å²) in [6, 6.07) is 4.39. The number of aromatic nitrogens is 1. The van der Waals surface area contributed by atoms with Gasteiger partial charge in [0.15, 0.2) is 0 Å². The van der Waals surface area contributed by atoms with Crippen molar-refractivity contribution in [3.05, 3.63) is 23.9 Å². The zero-order valence-corrected chi connectivity index (χ0v) is 10.6. The molecule has 1 aliphatic rings. The number of hydrogen-bond donors (Lipinski definition) is 1. The van der Waals surface area contributed by atoms with Gasteiger partial charge in [-0.15, -0.1) is 0 Å². The Bertz CT molecular complexity index is 357. The van der Waals surface area contributed by atoms with Crippen molar-refractivity contribution in [1.82, 2.24) is 4.98 Å². The van der Waals surface area contributed by atoms with Crippen molar-refractivity contribution in [3.63, 3.8) is 0 Å². The second-order valence-electron chi connectivity index (χ2n) is 4.24.